The molecule has 0 radical (unpaired) electrons. The lowest BCUT2D eigenvalue weighted by Gasteiger charge is -2.14. The molecule has 1 aromatic heterocycles. The summed E-state index contributed by atoms with van der Waals surface area (Å²) in [4.78, 5) is 0. The van der Waals surface area contributed by atoms with Gasteiger partial charge in [-0.15, -0.1) is 5.10 Å². The molecule has 4 nitrogen and oxygen atoms in total. The average Bonchev–Trinajstić information content (AvgIpc) is 2.95. The van der Waals surface area contributed by atoms with E-state index in [1.807, 2.05) is 0 Å². The van der Waals surface area contributed by atoms with E-state index in [2.05, 4.69) is 19.1 Å². The van der Waals surface area contributed by atoms with Crippen LogP contribution in [-0.4, -0.2) is 35.2 Å². The second-order valence-electron chi connectivity index (χ2n) is 4.26. The Morgan fingerprint density at radius 2 is 1.61 bits per heavy atom. The van der Waals surface area contributed by atoms with E-state index in [0.717, 1.165) is 29.7 Å². The Balaban J connectivity index is 2.25. The van der Waals surface area contributed by atoms with Crippen LogP contribution >= 0.6 is 11.5 Å². The Morgan fingerprint density at radius 3 is 2.17 bits per heavy atom. The topological polar surface area (TPSA) is 44.2 Å². The summed E-state index contributed by atoms with van der Waals surface area (Å²) in [5, 5.41) is 5.09. The molecule has 2 aromatic rings. The van der Waals surface area contributed by atoms with Gasteiger partial charge in [-0.1, -0.05) is 4.49 Å². The van der Waals surface area contributed by atoms with Crippen LogP contribution in [0.25, 0.3) is 11.3 Å². The molecule has 0 bridgehead atoms. The minimum Gasteiger partial charge on any atom is -0.484 e. The molecule has 0 unspecified atom stereocenters. The molecule has 1 aromatic carbocycles. The molecule has 11 heteroatoms. The van der Waals surface area contributed by atoms with Crippen LogP contribution in [0, 0.1) is 0 Å². The fraction of sp³-hybridized carbons (Fsp3) is 0.333. The van der Waals surface area contributed by atoms with Crippen LogP contribution in [0.3, 0.4) is 0 Å². The van der Waals surface area contributed by atoms with Gasteiger partial charge in [-0.05, 0) is 29.7 Å². The van der Waals surface area contributed by atoms with Gasteiger partial charge in [-0.3, -0.25) is 0 Å². The number of halogens is 6. The van der Waals surface area contributed by atoms with E-state index in [0.29, 0.717) is 0 Å². The largest absolute Gasteiger partial charge is 0.484 e. The SMILES string of the molecule is FC(F)(F)COc1ccc(OCC(F)(F)F)c(-c2csnn2)c1. The molecule has 23 heavy (non-hydrogen) atoms. The van der Waals surface area contributed by atoms with E-state index in [4.69, 9.17) is 0 Å². The Kier molecular flexibility index (Phi) is 4.97. The highest BCUT2D eigenvalue weighted by molar-refractivity contribution is 7.03. The van der Waals surface area contributed by atoms with Crippen LogP contribution in [0.1, 0.15) is 0 Å². The van der Waals surface area contributed by atoms with Gasteiger partial charge in [0.25, 0.3) is 0 Å². The van der Waals surface area contributed by atoms with E-state index in [1.165, 1.54) is 5.38 Å². The molecule has 126 valence electrons. The van der Waals surface area contributed by atoms with E-state index >= 15 is 0 Å². The highest BCUT2D eigenvalue weighted by atomic mass is 32.1. The fourth-order valence-corrected chi connectivity index (χ4v) is 1.99. The van der Waals surface area contributed by atoms with Crippen molar-refractivity contribution < 1.29 is 35.8 Å². The third-order valence-corrected chi connectivity index (χ3v) is 2.89. The zero-order valence-corrected chi connectivity index (χ0v) is 11.9. The Bertz CT molecular complexity index is 642. The minimum atomic E-state index is -4.55. The summed E-state index contributed by atoms with van der Waals surface area (Å²) in [7, 11) is 0. The molecule has 0 aliphatic carbocycles. The van der Waals surface area contributed by atoms with Gasteiger partial charge < -0.3 is 9.47 Å². The summed E-state index contributed by atoms with van der Waals surface area (Å²) >= 11 is 0.931. The molecule has 0 N–H and O–H groups in total. The van der Waals surface area contributed by atoms with Crippen LogP contribution in [-0.2, 0) is 0 Å². The summed E-state index contributed by atoms with van der Waals surface area (Å²) < 4.78 is 86.0. The molecule has 1 heterocycles. The maximum atomic E-state index is 12.2. The van der Waals surface area contributed by atoms with Crippen molar-refractivity contribution in [1.82, 2.24) is 9.59 Å². The van der Waals surface area contributed by atoms with Gasteiger partial charge in [-0.2, -0.15) is 26.3 Å². The first-order valence-electron chi connectivity index (χ1n) is 5.95. The molecule has 0 saturated heterocycles. The number of nitrogens with zero attached hydrogens (tertiary/aromatic N) is 2. The second-order valence-corrected chi connectivity index (χ2v) is 4.87. The predicted octanol–water partition coefficient (Wildman–Crippen LogP) is 4.09. The molecule has 0 atom stereocenters. The van der Waals surface area contributed by atoms with Crippen LogP contribution in [0.5, 0.6) is 11.5 Å². The fourth-order valence-electron chi connectivity index (χ4n) is 1.53. The molecule has 0 fully saturated rings. The molecular weight excluding hydrogens is 350 g/mol. The average molecular weight is 358 g/mol. The Morgan fingerprint density at radius 1 is 0.957 bits per heavy atom. The van der Waals surface area contributed by atoms with Crippen LogP contribution in [0.2, 0.25) is 0 Å². The van der Waals surface area contributed by atoms with Crippen molar-refractivity contribution in [3.05, 3.63) is 23.6 Å². The quantitative estimate of drug-likeness (QED) is 0.756. The van der Waals surface area contributed by atoms with Crippen molar-refractivity contribution >= 4 is 11.5 Å². The van der Waals surface area contributed by atoms with Crippen molar-refractivity contribution in [1.29, 1.82) is 0 Å². The summed E-state index contributed by atoms with van der Waals surface area (Å²) in [5.74, 6) is -0.362. The maximum absolute atomic E-state index is 12.2. The van der Waals surface area contributed by atoms with Crippen molar-refractivity contribution in [3.8, 4) is 22.8 Å². The molecule has 0 aliphatic rings. The van der Waals surface area contributed by atoms with Gasteiger partial charge >= 0.3 is 12.4 Å². The van der Waals surface area contributed by atoms with Gasteiger partial charge in [0, 0.05) is 10.9 Å². The van der Waals surface area contributed by atoms with Crippen LogP contribution in [0.15, 0.2) is 23.6 Å². The van der Waals surface area contributed by atoms with Gasteiger partial charge in [0.05, 0.1) is 0 Å². The molecule has 0 aliphatic heterocycles. The molecule has 2 rings (SSSR count). The number of ether oxygens (including phenoxy) is 2. The number of hydrogen-bond donors (Lipinski definition) is 0. The first-order chi connectivity index (χ1) is 10.6. The molecular formula is C12H8F6N2O2S. The maximum Gasteiger partial charge on any atom is 0.422 e. The van der Waals surface area contributed by atoms with Crippen molar-refractivity contribution in [2.75, 3.05) is 13.2 Å². The zero-order valence-electron chi connectivity index (χ0n) is 11.1. The van der Waals surface area contributed by atoms with Gasteiger partial charge in [-0.25, -0.2) is 0 Å². The summed E-state index contributed by atoms with van der Waals surface area (Å²) in [6, 6.07) is 3.29. The van der Waals surface area contributed by atoms with E-state index in [1.54, 1.807) is 0 Å². The minimum absolute atomic E-state index is 0.0580. The van der Waals surface area contributed by atoms with Crippen LogP contribution in [0.4, 0.5) is 26.3 Å². The highest BCUT2D eigenvalue weighted by Crippen LogP contribution is 2.34. The number of alkyl halides is 6. The smallest absolute Gasteiger partial charge is 0.422 e. The lowest BCUT2D eigenvalue weighted by Crippen LogP contribution is -2.20. The van der Waals surface area contributed by atoms with Crippen molar-refractivity contribution in [2.45, 2.75) is 12.4 Å². The van der Waals surface area contributed by atoms with E-state index in [9.17, 15) is 26.3 Å². The molecule has 0 saturated carbocycles. The number of aromatic nitrogens is 2. The summed E-state index contributed by atoms with van der Waals surface area (Å²) in [5.41, 5.74) is 0.229. The first kappa shape index (κ1) is 17.3. The summed E-state index contributed by atoms with van der Waals surface area (Å²) in [6.07, 6.45) is -9.09. The van der Waals surface area contributed by atoms with Crippen molar-refractivity contribution in [3.63, 3.8) is 0 Å². The monoisotopic (exact) mass is 358 g/mol. The lowest BCUT2D eigenvalue weighted by atomic mass is 10.1. The Labute approximate surface area is 129 Å². The first-order valence-corrected chi connectivity index (χ1v) is 6.78. The van der Waals surface area contributed by atoms with Crippen LogP contribution < -0.4 is 9.47 Å². The van der Waals surface area contributed by atoms with E-state index < -0.39 is 25.6 Å². The van der Waals surface area contributed by atoms with Gasteiger partial charge in [0.15, 0.2) is 13.2 Å². The normalized spacial score (nSPS) is 12.3. The predicted molar refractivity (Wildman–Crippen MR) is 68.4 cm³/mol. The number of hydrogen-bond acceptors (Lipinski definition) is 5. The number of rotatable bonds is 5. The molecule has 0 spiro atoms. The third-order valence-electron chi connectivity index (χ3n) is 2.38. The Hall–Kier alpha value is -2.04. The van der Waals surface area contributed by atoms with E-state index in [-0.39, 0.29) is 22.8 Å². The second kappa shape index (κ2) is 6.60. The zero-order chi connectivity index (χ0) is 17.1. The standard InChI is InChI=1S/C12H8F6N2O2S/c13-11(14,15)5-21-7-1-2-10(22-6-12(16,17)18)8(3-7)9-4-23-20-19-9/h1-4H,5-6H2. The van der Waals surface area contributed by atoms with Crippen molar-refractivity contribution in [2.24, 2.45) is 0 Å². The highest BCUT2D eigenvalue weighted by Gasteiger charge is 2.30. The van der Waals surface area contributed by atoms with Gasteiger partial charge in [0.1, 0.15) is 17.2 Å². The van der Waals surface area contributed by atoms with Gasteiger partial charge in [0.2, 0.25) is 0 Å². The lowest BCUT2D eigenvalue weighted by molar-refractivity contribution is -0.154. The molecule has 0 amide bonds. The number of benzene rings is 1. The third kappa shape index (κ3) is 5.58. The summed E-state index contributed by atoms with van der Waals surface area (Å²) in [6.45, 7) is -3.06.